The van der Waals surface area contributed by atoms with Crippen LogP contribution in [0.2, 0.25) is 19.6 Å². The van der Waals surface area contributed by atoms with E-state index in [0.29, 0.717) is 6.42 Å². The van der Waals surface area contributed by atoms with Crippen LogP contribution in [0.3, 0.4) is 0 Å². The van der Waals surface area contributed by atoms with E-state index in [-0.39, 0.29) is 11.9 Å². The van der Waals surface area contributed by atoms with E-state index in [1.807, 2.05) is 30.3 Å². The average molecular weight is 304 g/mol. The van der Waals surface area contributed by atoms with E-state index in [1.165, 1.54) is 0 Å². The summed E-state index contributed by atoms with van der Waals surface area (Å²) in [5.74, 6) is 1.05. The standard InChI is InChI=1S/C17H24O3Si/c1-19-15-7-5-6-13(11-15)10-14-12-16(8-9-17(14)18)20-21(2,3)4/h5-7,10-11,16H,8-9,12H2,1-4H3/b14-10-. The molecule has 1 aliphatic rings. The second-order valence-corrected chi connectivity index (χ2v) is 10.9. The minimum Gasteiger partial charge on any atom is -0.497 e. The highest BCUT2D eigenvalue weighted by atomic mass is 28.4. The van der Waals surface area contributed by atoms with Crippen molar-refractivity contribution in [3.05, 3.63) is 35.4 Å². The topological polar surface area (TPSA) is 35.5 Å². The summed E-state index contributed by atoms with van der Waals surface area (Å²) in [4.78, 5) is 12.1. The van der Waals surface area contributed by atoms with Crippen molar-refractivity contribution >= 4 is 20.2 Å². The number of carbonyl (C=O) groups excluding carboxylic acids is 1. The van der Waals surface area contributed by atoms with Gasteiger partial charge in [-0.2, -0.15) is 0 Å². The van der Waals surface area contributed by atoms with E-state index in [9.17, 15) is 4.79 Å². The Hall–Kier alpha value is -1.39. The van der Waals surface area contributed by atoms with Gasteiger partial charge in [0.15, 0.2) is 14.1 Å². The summed E-state index contributed by atoms with van der Waals surface area (Å²) in [5, 5.41) is 0. The lowest BCUT2D eigenvalue weighted by Crippen LogP contribution is -2.35. The summed E-state index contributed by atoms with van der Waals surface area (Å²) >= 11 is 0. The Kier molecular flexibility index (Phi) is 5.01. The molecule has 1 aliphatic carbocycles. The van der Waals surface area contributed by atoms with E-state index >= 15 is 0 Å². The molecule has 1 unspecified atom stereocenters. The highest BCUT2D eigenvalue weighted by molar-refractivity contribution is 6.69. The van der Waals surface area contributed by atoms with Gasteiger partial charge in [-0.25, -0.2) is 0 Å². The van der Waals surface area contributed by atoms with Gasteiger partial charge >= 0.3 is 0 Å². The van der Waals surface area contributed by atoms with Crippen molar-refractivity contribution in [3.63, 3.8) is 0 Å². The second kappa shape index (κ2) is 6.58. The van der Waals surface area contributed by atoms with E-state index in [2.05, 4.69) is 19.6 Å². The van der Waals surface area contributed by atoms with Crippen LogP contribution in [0.1, 0.15) is 24.8 Å². The van der Waals surface area contributed by atoms with E-state index < -0.39 is 8.32 Å². The normalized spacial score (nSPS) is 21.6. The summed E-state index contributed by atoms with van der Waals surface area (Å²) in [5.41, 5.74) is 1.88. The zero-order valence-corrected chi connectivity index (χ0v) is 14.3. The van der Waals surface area contributed by atoms with Crippen molar-refractivity contribution in [2.45, 2.75) is 45.0 Å². The number of carbonyl (C=O) groups is 1. The first kappa shape index (κ1) is 16.0. The molecule has 3 nitrogen and oxygen atoms in total. The first-order chi connectivity index (χ1) is 9.87. The van der Waals surface area contributed by atoms with Crippen LogP contribution in [0.25, 0.3) is 6.08 Å². The van der Waals surface area contributed by atoms with Gasteiger partial charge in [-0.3, -0.25) is 4.79 Å². The molecule has 0 heterocycles. The van der Waals surface area contributed by atoms with Gasteiger partial charge in [-0.15, -0.1) is 0 Å². The number of methoxy groups -OCH3 is 1. The number of hydrogen-bond acceptors (Lipinski definition) is 3. The zero-order valence-electron chi connectivity index (χ0n) is 13.3. The van der Waals surface area contributed by atoms with Crippen LogP contribution < -0.4 is 4.74 Å². The molecule has 1 fully saturated rings. The third kappa shape index (κ3) is 4.83. The minimum atomic E-state index is -1.56. The number of hydrogen-bond donors (Lipinski definition) is 0. The van der Waals surface area contributed by atoms with Crippen molar-refractivity contribution in [2.75, 3.05) is 7.11 Å². The van der Waals surface area contributed by atoms with Crippen LogP contribution in [-0.4, -0.2) is 27.3 Å². The Morgan fingerprint density at radius 2 is 2.05 bits per heavy atom. The molecule has 4 heteroatoms. The Balaban J connectivity index is 2.15. The predicted molar refractivity (Wildman–Crippen MR) is 88.0 cm³/mol. The quantitative estimate of drug-likeness (QED) is 0.622. The van der Waals surface area contributed by atoms with Crippen molar-refractivity contribution in [2.24, 2.45) is 0 Å². The summed E-state index contributed by atoms with van der Waals surface area (Å²) in [6.07, 6.45) is 4.32. The van der Waals surface area contributed by atoms with Gasteiger partial charge in [0.05, 0.1) is 7.11 Å². The molecule has 0 saturated heterocycles. The molecule has 0 bridgehead atoms. The van der Waals surface area contributed by atoms with Crippen LogP contribution >= 0.6 is 0 Å². The molecule has 2 rings (SSSR count). The number of benzene rings is 1. The predicted octanol–water partition coefficient (Wildman–Crippen LogP) is 4.05. The van der Waals surface area contributed by atoms with Crippen LogP contribution in [0.15, 0.2) is 29.8 Å². The van der Waals surface area contributed by atoms with Gasteiger partial charge in [-0.05, 0) is 55.4 Å². The lowest BCUT2D eigenvalue weighted by molar-refractivity contribution is -0.117. The maximum Gasteiger partial charge on any atom is 0.184 e. The zero-order chi connectivity index (χ0) is 15.5. The van der Waals surface area contributed by atoms with Crippen LogP contribution in [0.4, 0.5) is 0 Å². The number of ether oxygens (including phenoxy) is 1. The molecule has 1 aromatic rings. The van der Waals surface area contributed by atoms with Crippen LogP contribution in [-0.2, 0) is 9.22 Å². The van der Waals surface area contributed by atoms with Gasteiger partial charge < -0.3 is 9.16 Å². The molecule has 1 saturated carbocycles. The van der Waals surface area contributed by atoms with Gasteiger partial charge in [-0.1, -0.05) is 12.1 Å². The summed E-state index contributed by atoms with van der Waals surface area (Å²) < 4.78 is 11.4. The molecular weight excluding hydrogens is 280 g/mol. The van der Waals surface area contributed by atoms with Crippen LogP contribution in [0, 0.1) is 0 Å². The highest BCUT2D eigenvalue weighted by Gasteiger charge is 2.28. The van der Waals surface area contributed by atoms with E-state index in [1.54, 1.807) is 7.11 Å². The van der Waals surface area contributed by atoms with E-state index in [0.717, 1.165) is 29.7 Å². The SMILES string of the molecule is COc1cccc(/C=C2/CC(O[Si](C)(C)C)CCC2=O)c1. The molecule has 0 N–H and O–H groups in total. The van der Waals surface area contributed by atoms with Gasteiger partial charge in [0.1, 0.15) is 5.75 Å². The van der Waals surface area contributed by atoms with Gasteiger partial charge in [0.25, 0.3) is 0 Å². The number of Topliss-reactive ketones (excluding diaryl/α,β-unsaturated/α-hetero) is 1. The molecule has 0 aliphatic heterocycles. The summed E-state index contributed by atoms with van der Waals surface area (Å²) in [6.45, 7) is 6.57. The van der Waals surface area contributed by atoms with Gasteiger partial charge in [0, 0.05) is 18.9 Å². The summed E-state index contributed by atoms with van der Waals surface area (Å²) in [6, 6.07) is 7.78. The largest absolute Gasteiger partial charge is 0.497 e. The monoisotopic (exact) mass is 304 g/mol. The van der Waals surface area contributed by atoms with Gasteiger partial charge in [0.2, 0.25) is 0 Å². The smallest absolute Gasteiger partial charge is 0.184 e. The van der Waals surface area contributed by atoms with Crippen molar-refractivity contribution in [3.8, 4) is 5.75 Å². The molecule has 21 heavy (non-hydrogen) atoms. The molecule has 1 aromatic carbocycles. The fraction of sp³-hybridized carbons (Fsp3) is 0.471. The molecule has 114 valence electrons. The minimum absolute atomic E-state index is 0.186. The first-order valence-corrected chi connectivity index (χ1v) is 10.8. The number of ketones is 1. The molecule has 0 spiro atoms. The number of rotatable bonds is 4. The average Bonchev–Trinajstić information content (AvgIpc) is 2.41. The Morgan fingerprint density at radius 3 is 2.71 bits per heavy atom. The molecule has 0 aromatic heterocycles. The third-order valence-electron chi connectivity index (χ3n) is 3.45. The molecule has 1 atom stereocenters. The highest BCUT2D eigenvalue weighted by Crippen LogP contribution is 2.27. The lowest BCUT2D eigenvalue weighted by atomic mass is 9.90. The maximum atomic E-state index is 12.1. The molecule has 0 radical (unpaired) electrons. The van der Waals surface area contributed by atoms with Crippen molar-refractivity contribution in [1.82, 2.24) is 0 Å². The van der Waals surface area contributed by atoms with E-state index in [4.69, 9.17) is 9.16 Å². The Morgan fingerprint density at radius 1 is 1.29 bits per heavy atom. The first-order valence-electron chi connectivity index (χ1n) is 7.43. The fourth-order valence-electron chi connectivity index (χ4n) is 2.59. The molecular formula is C17H24O3Si. The third-order valence-corrected chi connectivity index (χ3v) is 4.49. The Bertz CT molecular complexity index is 543. The molecule has 0 amide bonds. The van der Waals surface area contributed by atoms with Crippen LogP contribution in [0.5, 0.6) is 5.75 Å². The lowest BCUT2D eigenvalue weighted by Gasteiger charge is -2.30. The second-order valence-electron chi connectivity index (χ2n) is 6.46. The Labute approximate surface area is 128 Å². The van der Waals surface area contributed by atoms with Crippen molar-refractivity contribution in [1.29, 1.82) is 0 Å². The maximum absolute atomic E-state index is 12.1. The fourth-order valence-corrected chi connectivity index (χ4v) is 3.79. The van der Waals surface area contributed by atoms with Crippen molar-refractivity contribution < 1.29 is 14.0 Å². The summed E-state index contributed by atoms with van der Waals surface area (Å²) in [7, 11) is 0.0871.